The summed E-state index contributed by atoms with van der Waals surface area (Å²) in [6.07, 6.45) is -1.92. The van der Waals surface area contributed by atoms with E-state index < -0.39 is 22.3 Å². The summed E-state index contributed by atoms with van der Waals surface area (Å²) in [7, 11) is -3.96. The number of nitrogens with zero attached hydrogens (tertiary/aromatic N) is 1. The van der Waals surface area contributed by atoms with Crippen LogP contribution in [-0.2, 0) is 14.3 Å². The van der Waals surface area contributed by atoms with Crippen molar-refractivity contribution in [1.82, 2.24) is 0 Å². The van der Waals surface area contributed by atoms with Crippen molar-refractivity contribution in [2.24, 2.45) is 0 Å². The number of ether oxygens (including phenoxy) is 1. The zero-order chi connectivity index (χ0) is 18.9. The lowest BCUT2D eigenvalue weighted by molar-refractivity contribution is 0.123. The molecular formula is C17H16BrNO6S. The van der Waals surface area contributed by atoms with Gasteiger partial charge in [0.15, 0.2) is 5.75 Å². The molecule has 0 fully saturated rings. The van der Waals surface area contributed by atoms with Gasteiger partial charge in [-0.25, -0.2) is 4.79 Å². The first-order chi connectivity index (χ1) is 12.3. The Balaban J connectivity index is 1.78. The normalized spacial score (nSPS) is 16.7. The maximum Gasteiger partial charge on any atom is 0.412 e. The maximum atomic E-state index is 12.3. The molecule has 0 unspecified atom stereocenters. The zero-order valence-electron chi connectivity index (χ0n) is 13.8. The van der Waals surface area contributed by atoms with Gasteiger partial charge in [-0.05, 0) is 47.1 Å². The summed E-state index contributed by atoms with van der Waals surface area (Å²) < 4.78 is 36.0. The van der Waals surface area contributed by atoms with Gasteiger partial charge in [-0.1, -0.05) is 23.8 Å². The highest BCUT2D eigenvalue weighted by atomic mass is 79.9. The molecule has 1 heterocycles. The molecule has 1 atom stereocenters. The molecule has 1 aliphatic rings. The second kappa shape index (κ2) is 7.26. The van der Waals surface area contributed by atoms with Gasteiger partial charge in [-0.3, -0.25) is 9.08 Å². The van der Waals surface area contributed by atoms with Crippen molar-refractivity contribution in [3.63, 3.8) is 0 Å². The Labute approximate surface area is 159 Å². The number of rotatable bonds is 4. The summed E-state index contributed by atoms with van der Waals surface area (Å²) in [6.45, 7) is 1.51. The first-order valence-electron chi connectivity index (χ1n) is 7.69. The van der Waals surface area contributed by atoms with Crippen LogP contribution in [0.3, 0.4) is 0 Å². The molecule has 1 aliphatic heterocycles. The molecular weight excluding hydrogens is 426 g/mol. The molecule has 0 radical (unpaired) electrons. The van der Waals surface area contributed by atoms with E-state index in [4.69, 9.17) is 8.92 Å². The van der Waals surface area contributed by atoms with Crippen molar-refractivity contribution in [2.45, 2.75) is 17.9 Å². The molecule has 1 amide bonds. The van der Waals surface area contributed by atoms with Crippen molar-refractivity contribution in [2.75, 3.05) is 18.1 Å². The maximum absolute atomic E-state index is 12.3. The topological polar surface area (TPSA) is 93.1 Å². The van der Waals surface area contributed by atoms with Gasteiger partial charge in [0.05, 0.1) is 21.6 Å². The molecule has 7 nitrogen and oxygen atoms in total. The van der Waals surface area contributed by atoms with E-state index in [1.165, 1.54) is 12.1 Å². The summed E-state index contributed by atoms with van der Waals surface area (Å²) in [5.74, 6) is 0.336. The minimum absolute atomic E-state index is 0.0376. The summed E-state index contributed by atoms with van der Waals surface area (Å²) in [4.78, 5) is 12.7. The predicted molar refractivity (Wildman–Crippen MR) is 98.2 cm³/mol. The lowest BCUT2D eigenvalue weighted by atomic mass is 10.2. The number of amides is 1. The number of hydrogen-bond acceptors (Lipinski definition) is 5. The zero-order valence-corrected chi connectivity index (χ0v) is 16.2. The van der Waals surface area contributed by atoms with Crippen LogP contribution in [0.1, 0.15) is 5.56 Å². The van der Waals surface area contributed by atoms with Gasteiger partial charge in [0, 0.05) is 0 Å². The number of hydrogen-bond donors (Lipinski definition) is 1. The highest BCUT2D eigenvalue weighted by Gasteiger charge is 2.32. The lowest BCUT2D eigenvalue weighted by Crippen LogP contribution is -2.45. The average Bonchev–Trinajstić information content (AvgIpc) is 2.60. The summed E-state index contributed by atoms with van der Waals surface area (Å²) >= 11 is 3.32. The number of fused-ring (bicyclic) bond motifs is 1. The Bertz CT molecular complexity index is 929. The van der Waals surface area contributed by atoms with Gasteiger partial charge in [-0.15, -0.1) is 0 Å². The Hall–Kier alpha value is -2.10. The van der Waals surface area contributed by atoms with E-state index in [0.29, 0.717) is 15.9 Å². The number of carboxylic acid groups (broad SMARTS) is 1. The van der Waals surface area contributed by atoms with Gasteiger partial charge in [-0.2, -0.15) is 8.42 Å². The molecule has 2 aromatic carbocycles. The van der Waals surface area contributed by atoms with Gasteiger partial charge in [0.1, 0.15) is 12.7 Å². The molecule has 2 aromatic rings. The Morgan fingerprint density at radius 1 is 1.31 bits per heavy atom. The van der Waals surface area contributed by atoms with Crippen LogP contribution in [0.25, 0.3) is 0 Å². The fourth-order valence-electron chi connectivity index (χ4n) is 2.54. The molecule has 26 heavy (non-hydrogen) atoms. The molecule has 9 heteroatoms. The van der Waals surface area contributed by atoms with Crippen molar-refractivity contribution < 1.29 is 27.2 Å². The third-order valence-electron chi connectivity index (χ3n) is 3.86. The van der Waals surface area contributed by atoms with Crippen molar-refractivity contribution in [1.29, 1.82) is 0 Å². The van der Waals surface area contributed by atoms with Crippen LogP contribution in [0.15, 0.2) is 51.8 Å². The van der Waals surface area contributed by atoms with Crippen LogP contribution < -0.4 is 9.64 Å². The first-order valence-corrected chi connectivity index (χ1v) is 9.90. The smallest absolute Gasteiger partial charge is 0.412 e. The van der Waals surface area contributed by atoms with E-state index in [9.17, 15) is 18.3 Å². The summed E-state index contributed by atoms with van der Waals surface area (Å²) in [6, 6.07) is 11.3. The van der Waals surface area contributed by atoms with Crippen LogP contribution in [0.4, 0.5) is 10.5 Å². The van der Waals surface area contributed by atoms with E-state index >= 15 is 0 Å². The molecule has 0 spiro atoms. The number of halogens is 1. The van der Waals surface area contributed by atoms with E-state index in [1.807, 2.05) is 6.92 Å². The average molecular weight is 442 g/mol. The number of para-hydroxylation sites is 1. The SMILES string of the molecule is Cc1ccc(S(=O)(=O)OC[C@H]2CN(C(=O)O)c3cccc(Br)c3O2)cc1. The van der Waals surface area contributed by atoms with E-state index in [2.05, 4.69) is 15.9 Å². The third-order valence-corrected chi connectivity index (χ3v) is 5.78. The number of aryl methyl sites for hydroxylation is 1. The predicted octanol–water partition coefficient (Wildman–Crippen LogP) is 3.41. The second-order valence-electron chi connectivity index (χ2n) is 5.77. The highest BCUT2D eigenvalue weighted by Crippen LogP contribution is 2.39. The van der Waals surface area contributed by atoms with Crippen molar-refractivity contribution >= 4 is 37.8 Å². The van der Waals surface area contributed by atoms with E-state index in [0.717, 1.165) is 10.5 Å². The molecule has 138 valence electrons. The van der Waals surface area contributed by atoms with E-state index in [-0.39, 0.29) is 18.0 Å². The molecule has 0 saturated carbocycles. The quantitative estimate of drug-likeness (QED) is 0.730. The monoisotopic (exact) mass is 441 g/mol. The Morgan fingerprint density at radius 2 is 2.00 bits per heavy atom. The number of carbonyl (C=O) groups is 1. The molecule has 3 rings (SSSR count). The Kier molecular flexibility index (Phi) is 5.22. The first kappa shape index (κ1) is 18.7. The van der Waals surface area contributed by atoms with Gasteiger partial charge < -0.3 is 9.84 Å². The minimum atomic E-state index is -3.96. The molecule has 0 aliphatic carbocycles. The highest BCUT2D eigenvalue weighted by molar-refractivity contribution is 9.10. The fourth-order valence-corrected chi connectivity index (χ4v) is 3.92. The second-order valence-corrected chi connectivity index (χ2v) is 8.24. The van der Waals surface area contributed by atoms with Gasteiger partial charge >= 0.3 is 6.09 Å². The largest absolute Gasteiger partial charge is 0.483 e. The summed E-state index contributed by atoms with van der Waals surface area (Å²) in [5.41, 5.74) is 1.32. The van der Waals surface area contributed by atoms with E-state index in [1.54, 1.807) is 30.3 Å². The van der Waals surface area contributed by atoms with Gasteiger partial charge in [0.25, 0.3) is 10.1 Å². The Morgan fingerprint density at radius 3 is 2.65 bits per heavy atom. The minimum Gasteiger partial charge on any atom is -0.483 e. The molecule has 0 saturated heterocycles. The number of benzene rings is 2. The molecule has 0 aromatic heterocycles. The lowest BCUT2D eigenvalue weighted by Gasteiger charge is -2.33. The van der Waals surface area contributed by atoms with Crippen LogP contribution in [0.2, 0.25) is 0 Å². The summed E-state index contributed by atoms with van der Waals surface area (Å²) in [5, 5.41) is 9.42. The molecule has 1 N–H and O–H groups in total. The van der Waals surface area contributed by atoms with Crippen LogP contribution in [0.5, 0.6) is 5.75 Å². The third kappa shape index (κ3) is 3.84. The molecule has 0 bridgehead atoms. The van der Waals surface area contributed by atoms with Crippen LogP contribution >= 0.6 is 15.9 Å². The fraction of sp³-hybridized carbons (Fsp3) is 0.235. The van der Waals surface area contributed by atoms with Crippen molar-refractivity contribution in [3.05, 3.63) is 52.5 Å². The van der Waals surface area contributed by atoms with Crippen molar-refractivity contribution in [3.8, 4) is 5.75 Å². The number of anilines is 1. The van der Waals surface area contributed by atoms with Crippen LogP contribution in [0, 0.1) is 6.92 Å². The standard InChI is InChI=1S/C17H16BrNO6S/c1-11-5-7-13(8-6-11)26(22,23)24-10-12-9-19(17(20)21)15-4-2-3-14(18)16(15)25-12/h2-8,12H,9-10H2,1H3,(H,20,21)/t12-/m1/s1. The van der Waals surface area contributed by atoms with Crippen LogP contribution in [-0.4, -0.2) is 38.9 Å². The van der Waals surface area contributed by atoms with Gasteiger partial charge in [0.2, 0.25) is 0 Å².